The van der Waals surface area contributed by atoms with Crippen molar-refractivity contribution < 1.29 is 28.7 Å². The van der Waals surface area contributed by atoms with E-state index in [9.17, 15) is 9.13 Å². The Morgan fingerprint density at radius 1 is 1.24 bits per heavy atom. The van der Waals surface area contributed by atoms with E-state index in [1.54, 1.807) is 0 Å². The molecule has 0 aliphatic carbocycles. The van der Waals surface area contributed by atoms with Gasteiger partial charge in [-0.1, -0.05) is 0 Å². The molecule has 0 bridgehead atoms. The van der Waals surface area contributed by atoms with Crippen LogP contribution in [0.5, 0.6) is 0 Å². The fourth-order valence-corrected chi connectivity index (χ4v) is 4.30. The van der Waals surface area contributed by atoms with Gasteiger partial charge in [0.1, 0.15) is 0 Å². The van der Waals surface area contributed by atoms with Gasteiger partial charge in [0.05, 0.1) is 11.8 Å². The van der Waals surface area contributed by atoms with Crippen LogP contribution in [-0.2, 0) is 9.13 Å². The van der Waals surface area contributed by atoms with Gasteiger partial charge in [0.25, 0.3) is 0 Å². The van der Waals surface area contributed by atoms with Gasteiger partial charge in [0.15, 0.2) is 0 Å². The molecule has 7 nitrogen and oxygen atoms in total. The molecule has 1 rings (SSSR count). The molecule has 1 unspecified atom stereocenters. The summed E-state index contributed by atoms with van der Waals surface area (Å²) in [6.45, 7) is 0. The van der Waals surface area contributed by atoms with Crippen molar-refractivity contribution in [1.29, 1.82) is 0 Å². The number of aromatic nitrogens is 1. The quantitative estimate of drug-likeness (QED) is 0.604. The molecule has 10 heteroatoms. The van der Waals surface area contributed by atoms with Crippen molar-refractivity contribution in [2.45, 2.75) is 5.66 Å². The van der Waals surface area contributed by atoms with Crippen molar-refractivity contribution in [3.8, 4) is 0 Å². The van der Waals surface area contributed by atoms with Gasteiger partial charge in [-0.2, -0.15) is 0 Å². The highest BCUT2D eigenvalue weighted by molar-refractivity contribution is 9.10. The Morgan fingerprint density at radius 3 is 2.24 bits per heavy atom. The number of nitrogens with zero attached hydrogens (tertiary/aromatic N) is 1. The van der Waals surface area contributed by atoms with E-state index in [-0.39, 0.29) is 5.56 Å². The molecular formula is C7H10BrNO6P2. The summed E-state index contributed by atoms with van der Waals surface area (Å²) < 4.78 is 22.6. The largest absolute Gasteiger partial charge is 0.333 e. The molecule has 0 radical (unpaired) electrons. The third kappa shape index (κ3) is 4.97. The van der Waals surface area contributed by atoms with E-state index in [0.29, 0.717) is 4.47 Å². The highest BCUT2D eigenvalue weighted by Gasteiger charge is 2.36. The predicted octanol–water partition coefficient (Wildman–Crippen LogP) is 1.24. The van der Waals surface area contributed by atoms with Crippen molar-refractivity contribution in [3.05, 3.63) is 28.5 Å². The zero-order valence-corrected chi connectivity index (χ0v) is 11.7. The molecule has 0 spiro atoms. The number of hydrogen-bond acceptors (Lipinski definition) is 3. The summed E-state index contributed by atoms with van der Waals surface area (Å²) in [6, 6.07) is 1.37. The third-order valence-electron chi connectivity index (χ3n) is 1.93. The van der Waals surface area contributed by atoms with E-state index in [1.165, 1.54) is 18.5 Å². The lowest BCUT2D eigenvalue weighted by Crippen LogP contribution is -2.06. The minimum absolute atomic E-state index is 0.0797. The molecule has 1 aromatic rings. The van der Waals surface area contributed by atoms with Crippen LogP contribution in [0.3, 0.4) is 0 Å². The summed E-state index contributed by atoms with van der Waals surface area (Å²) in [7, 11) is -9.20. The number of rotatable bonds is 4. The van der Waals surface area contributed by atoms with Crippen molar-refractivity contribution in [2.24, 2.45) is 0 Å². The van der Waals surface area contributed by atoms with Gasteiger partial charge in [0.2, 0.25) is 0 Å². The summed E-state index contributed by atoms with van der Waals surface area (Å²) in [4.78, 5) is 39.6. The smallest absolute Gasteiger partial charge is 0.324 e. The molecule has 0 aromatic carbocycles. The van der Waals surface area contributed by atoms with Crippen LogP contribution in [0.15, 0.2) is 22.9 Å². The second-order valence-corrected chi connectivity index (χ2v) is 7.80. The summed E-state index contributed by atoms with van der Waals surface area (Å²) >= 11 is 3.07. The van der Waals surface area contributed by atoms with Gasteiger partial charge < -0.3 is 19.6 Å². The number of halogens is 1. The first-order valence-electron chi connectivity index (χ1n) is 4.30. The standard InChI is InChI=1S/C7H10BrNO6P2/c8-6-1-5(2-9-3-6)7(17(13,14)15)4-16(10,11)12/h1-3,7H,4H2,(H2,10,11,12)(H2,13,14,15). The molecule has 0 aliphatic rings. The monoisotopic (exact) mass is 345 g/mol. The summed E-state index contributed by atoms with van der Waals surface area (Å²) in [5.74, 6) is 0. The first kappa shape index (κ1) is 15.0. The van der Waals surface area contributed by atoms with Gasteiger partial charge in [-0.15, -0.1) is 0 Å². The SMILES string of the molecule is O=P(O)(O)CC(c1cncc(Br)c1)P(=O)(O)O. The maximum atomic E-state index is 11.2. The Morgan fingerprint density at radius 2 is 1.82 bits per heavy atom. The summed E-state index contributed by atoms with van der Waals surface area (Å²) in [5, 5.41) is 0. The fourth-order valence-electron chi connectivity index (χ4n) is 1.24. The summed E-state index contributed by atoms with van der Waals surface area (Å²) in [5.41, 5.74) is -1.48. The molecule has 0 saturated carbocycles. The minimum atomic E-state index is -4.67. The molecule has 4 N–H and O–H groups in total. The highest BCUT2D eigenvalue weighted by atomic mass is 79.9. The second-order valence-electron chi connectivity index (χ2n) is 3.39. The van der Waals surface area contributed by atoms with E-state index in [0.717, 1.165) is 0 Å². The maximum Gasteiger partial charge on any atom is 0.333 e. The zero-order chi connectivity index (χ0) is 13.3. The Bertz CT molecular complexity index is 497. The van der Waals surface area contributed by atoms with Crippen molar-refractivity contribution in [2.75, 3.05) is 6.16 Å². The van der Waals surface area contributed by atoms with Crippen LogP contribution in [0.4, 0.5) is 0 Å². The topological polar surface area (TPSA) is 128 Å². The van der Waals surface area contributed by atoms with Gasteiger partial charge in [-0.3, -0.25) is 14.1 Å². The van der Waals surface area contributed by atoms with E-state index >= 15 is 0 Å². The lowest BCUT2D eigenvalue weighted by Gasteiger charge is -2.19. The maximum absolute atomic E-state index is 11.2. The van der Waals surface area contributed by atoms with Gasteiger partial charge in [-0.25, -0.2) is 0 Å². The van der Waals surface area contributed by atoms with Crippen LogP contribution in [0.1, 0.15) is 11.2 Å². The minimum Gasteiger partial charge on any atom is -0.324 e. The van der Waals surface area contributed by atoms with Gasteiger partial charge in [-0.05, 0) is 27.6 Å². The van der Waals surface area contributed by atoms with Crippen LogP contribution in [-0.4, -0.2) is 30.7 Å². The molecule has 17 heavy (non-hydrogen) atoms. The van der Waals surface area contributed by atoms with E-state index in [1.807, 2.05) is 0 Å². The predicted molar refractivity (Wildman–Crippen MR) is 63.6 cm³/mol. The second kappa shape index (κ2) is 5.28. The van der Waals surface area contributed by atoms with Crippen LogP contribution in [0.25, 0.3) is 0 Å². The van der Waals surface area contributed by atoms with Gasteiger partial charge in [0, 0.05) is 16.9 Å². The number of hydrogen-bond donors (Lipinski definition) is 4. The molecule has 0 saturated heterocycles. The van der Waals surface area contributed by atoms with Crippen molar-refractivity contribution >= 4 is 31.1 Å². The zero-order valence-electron chi connectivity index (χ0n) is 8.34. The molecule has 1 aromatic heterocycles. The van der Waals surface area contributed by atoms with Crippen molar-refractivity contribution in [1.82, 2.24) is 4.98 Å². The normalized spacial score (nSPS) is 14.6. The molecule has 0 fully saturated rings. The molecule has 96 valence electrons. The molecule has 0 amide bonds. The molecule has 0 aliphatic heterocycles. The van der Waals surface area contributed by atoms with Crippen LogP contribution < -0.4 is 0 Å². The fraction of sp³-hybridized carbons (Fsp3) is 0.286. The highest BCUT2D eigenvalue weighted by Crippen LogP contribution is 2.57. The molecule has 1 atom stereocenters. The Kier molecular flexibility index (Phi) is 4.66. The first-order valence-corrected chi connectivity index (χ1v) is 8.57. The number of pyridine rings is 1. The average molecular weight is 346 g/mol. The lowest BCUT2D eigenvalue weighted by atomic mass is 10.2. The lowest BCUT2D eigenvalue weighted by molar-refractivity contribution is 0.347. The van der Waals surface area contributed by atoms with E-state index < -0.39 is 27.0 Å². The Labute approximate surface area is 105 Å². The van der Waals surface area contributed by atoms with Crippen LogP contribution >= 0.6 is 31.1 Å². The molecular weight excluding hydrogens is 336 g/mol. The van der Waals surface area contributed by atoms with Gasteiger partial charge >= 0.3 is 15.2 Å². The van der Waals surface area contributed by atoms with E-state index in [4.69, 9.17) is 19.6 Å². The van der Waals surface area contributed by atoms with Crippen LogP contribution in [0, 0.1) is 0 Å². The molecule has 1 heterocycles. The summed E-state index contributed by atoms with van der Waals surface area (Å²) in [6.07, 6.45) is 1.65. The Hall–Kier alpha value is -0.0700. The average Bonchev–Trinajstić information content (AvgIpc) is 2.11. The third-order valence-corrected chi connectivity index (χ3v) is 4.78. The first-order chi connectivity index (χ1) is 7.59. The van der Waals surface area contributed by atoms with Crippen LogP contribution in [0.2, 0.25) is 0 Å². The van der Waals surface area contributed by atoms with Crippen molar-refractivity contribution in [3.63, 3.8) is 0 Å². The van der Waals surface area contributed by atoms with E-state index in [2.05, 4.69) is 20.9 Å². The Balaban J connectivity index is 3.17.